The number of hydrogen-bond acceptors (Lipinski definition) is 4. The number of nitrogens with zero attached hydrogens (tertiary/aromatic N) is 1. The topological polar surface area (TPSA) is 91.3 Å². The van der Waals surface area contributed by atoms with Gasteiger partial charge < -0.3 is 15.7 Å². The Hall–Kier alpha value is -1.63. The van der Waals surface area contributed by atoms with Gasteiger partial charge in [0.05, 0.1) is 6.54 Å². The zero-order chi connectivity index (χ0) is 14.5. The summed E-state index contributed by atoms with van der Waals surface area (Å²) in [5.41, 5.74) is 0.0205. The fourth-order valence-corrected chi connectivity index (χ4v) is 3.16. The first-order valence-electron chi connectivity index (χ1n) is 6.74. The molecule has 1 aliphatic rings. The maximum absolute atomic E-state index is 11.6. The second-order valence-corrected chi connectivity index (χ2v) is 6.22. The van der Waals surface area contributed by atoms with E-state index < -0.39 is 5.97 Å². The van der Waals surface area contributed by atoms with Crippen molar-refractivity contribution in [3.63, 3.8) is 0 Å². The number of carboxylic acids is 1. The van der Waals surface area contributed by atoms with E-state index in [4.69, 9.17) is 5.11 Å². The molecule has 1 heterocycles. The van der Waals surface area contributed by atoms with Crippen LogP contribution < -0.4 is 10.6 Å². The summed E-state index contributed by atoms with van der Waals surface area (Å²) in [5.74, 6) is 0.288. The number of aromatic carboxylic acids is 1. The molecule has 0 bridgehead atoms. The van der Waals surface area contributed by atoms with E-state index in [2.05, 4.69) is 22.5 Å². The van der Waals surface area contributed by atoms with Crippen LogP contribution in [-0.4, -0.2) is 28.6 Å². The minimum absolute atomic E-state index is 0.0205. The number of thiazole rings is 1. The van der Waals surface area contributed by atoms with Crippen molar-refractivity contribution < 1.29 is 14.7 Å². The van der Waals surface area contributed by atoms with Crippen LogP contribution in [0.4, 0.5) is 4.79 Å². The van der Waals surface area contributed by atoms with Crippen LogP contribution in [0, 0.1) is 11.8 Å². The highest BCUT2D eigenvalue weighted by molar-refractivity contribution is 7.09. The van der Waals surface area contributed by atoms with Gasteiger partial charge in [-0.3, -0.25) is 0 Å². The van der Waals surface area contributed by atoms with E-state index in [9.17, 15) is 9.59 Å². The Balaban J connectivity index is 1.68. The monoisotopic (exact) mass is 297 g/mol. The van der Waals surface area contributed by atoms with E-state index in [1.807, 2.05) is 0 Å². The summed E-state index contributed by atoms with van der Waals surface area (Å²) in [6.07, 6.45) is 3.59. The first kappa shape index (κ1) is 14.8. The molecule has 0 radical (unpaired) electrons. The van der Waals surface area contributed by atoms with E-state index in [0.29, 0.717) is 17.5 Å². The zero-order valence-corrected chi connectivity index (χ0v) is 12.2. The van der Waals surface area contributed by atoms with Crippen LogP contribution >= 0.6 is 11.3 Å². The predicted octanol–water partition coefficient (Wildman–Crippen LogP) is 2.08. The summed E-state index contributed by atoms with van der Waals surface area (Å²) in [6, 6.07) is -0.225. The molecule has 2 rings (SSSR count). The van der Waals surface area contributed by atoms with Crippen LogP contribution in [0.25, 0.3) is 0 Å². The highest BCUT2D eigenvalue weighted by Gasteiger charge is 2.21. The Morgan fingerprint density at radius 3 is 2.85 bits per heavy atom. The van der Waals surface area contributed by atoms with Crippen LogP contribution in [0.15, 0.2) is 5.38 Å². The molecule has 1 aromatic heterocycles. The van der Waals surface area contributed by atoms with Gasteiger partial charge in [0.25, 0.3) is 0 Å². The lowest BCUT2D eigenvalue weighted by atomic mass is 10.1. The van der Waals surface area contributed by atoms with Crippen molar-refractivity contribution in [1.82, 2.24) is 15.6 Å². The van der Waals surface area contributed by atoms with Crippen molar-refractivity contribution >= 4 is 23.3 Å². The van der Waals surface area contributed by atoms with Crippen molar-refractivity contribution in [3.8, 4) is 0 Å². The molecule has 2 unspecified atom stereocenters. The van der Waals surface area contributed by atoms with Gasteiger partial charge >= 0.3 is 12.0 Å². The lowest BCUT2D eigenvalue weighted by molar-refractivity contribution is 0.0691. The highest BCUT2D eigenvalue weighted by Crippen LogP contribution is 2.29. The molecule has 1 saturated carbocycles. The molecule has 2 amide bonds. The normalized spacial score (nSPS) is 21.6. The van der Waals surface area contributed by atoms with Crippen molar-refractivity contribution in [3.05, 3.63) is 16.1 Å². The summed E-state index contributed by atoms with van der Waals surface area (Å²) in [4.78, 5) is 26.2. The largest absolute Gasteiger partial charge is 0.476 e. The van der Waals surface area contributed by atoms with Gasteiger partial charge in [-0.15, -0.1) is 11.3 Å². The Morgan fingerprint density at radius 2 is 2.25 bits per heavy atom. The summed E-state index contributed by atoms with van der Waals surface area (Å²) in [6.45, 7) is 3.20. The molecule has 110 valence electrons. The lowest BCUT2D eigenvalue weighted by Crippen LogP contribution is -2.37. The van der Waals surface area contributed by atoms with Crippen LogP contribution in [0.3, 0.4) is 0 Å². The quantitative estimate of drug-likeness (QED) is 0.776. The van der Waals surface area contributed by atoms with Crippen molar-refractivity contribution in [1.29, 1.82) is 0 Å². The molecule has 7 heteroatoms. The first-order valence-corrected chi connectivity index (χ1v) is 7.62. The molecule has 0 spiro atoms. The average molecular weight is 297 g/mol. The summed E-state index contributed by atoms with van der Waals surface area (Å²) < 4.78 is 0. The van der Waals surface area contributed by atoms with Crippen LogP contribution in [0.2, 0.25) is 0 Å². The third-order valence-electron chi connectivity index (χ3n) is 3.53. The SMILES string of the molecule is CC1CCC(CNC(=O)NCc2nc(C(=O)O)cs2)C1. The Labute approximate surface area is 121 Å². The number of hydrogen-bond donors (Lipinski definition) is 3. The Bertz CT molecular complexity index is 489. The van der Waals surface area contributed by atoms with Crippen molar-refractivity contribution in [2.75, 3.05) is 6.54 Å². The van der Waals surface area contributed by atoms with Gasteiger partial charge in [0.2, 0.25) is 0 Å². The third-order valence-corrected chi connectivity index (χ3v) is 4.37. The van der Waals surface area contributed by atoms with Crippen LogP contribution in [0.5, 0.6) is 0 Å². The zero-order valence-electron chi connectivity index (χ0n) is 11.4. The second-order valence-electron chi connectivity index (χ2n) is 5.28. The van der Waals surface area contributed by atoms with E-state index in [1.165, 1.54) is 36.0 Å². The maximum atomic E-state index is 11.6. The number of aromatic nitrogens is 1. The van der Waals surface area contributed by atoms with Crippen molar-refractivity contribution in [2.24, 2.45) is 11.8 Å². The molecule has 1 fully saturated rings. The van der Waals surface area contributed by atoms with Gasteiger partial charge in [-0.1, -0.05) is 13.3 Å². The molecule has 0 saturated heterocycles. The second kappa shape index (κ2) is 6.69. The lowest BCUT2D eigenvalue weighted by Gasteiger charge is -2.11. The summed E-state index contributed by atoms with van der Waals surface area (Å²) in [7, 11) is 0. The van der Waals surface area contributed by atoms with E-state index in [0.717, 1.165) is 5.92 Å². The van der Waals surface area contributed by atoms with Crippen LogP contribution in [0.1, 0.15) is 41.7 Å². The molecule has 0 aliphatic heterocycles. The molecule has 1 aliphatic carbocycles. The number of carbonyl (C=O) groups excluding carboxylic acids is 1. The van der Waals surface area contributed by atoms with E-state index >= 15 is 0 Å². The van der Waals surface area contributed by atoms with Gasteiger partial charge in [-0.25, -0.2) is 14.6 Å². The molecular weight excluding hydrogens is 278 g/mol. The van der Waals surface area contributed by atoms with E-state index in [1.54, 1.807) is 0 Å². The number of amides is 2. The molecule has 0 aromatic carbocycles. The molecule has 2 atom stereocenters. The Morgan fingerprint density at radius 1 is 1.45 bits per heavy atom. The van der Waals surface area contributed by atoms with Crippen LogP contribution in [-0.2, 0) is 6.54 Å². The molecule has 3 N–H and O–H groups in total. The minimum Gasteiger partial charge on any atom is -0.476 e. The standard InChI is InChI=1S/C13H19N3O3S/c1-8-2-3-9(4-8)5-14-13(19)15-6-11-16-10(7-20-11)12(17)18/h7-9H,2-6H2,1H3,(H,17,18)(H2,14,15,19). The maximum Gasteiger partial charge on any atom is 0.355 e. The first-order chi connectivity index (χ1) is 9.54. The molecule has 1 aromatic rings. The summed E-state index contributed by atoms with van der Waals surface area (Å²) in [5, 5.41) is 16.4. The fourth-order valence-electron chi connectivity index (χ4n) is 2.46. The van der Waals surface area contributed by atoms with Gasteiger partial charge in [-0.2, -0.15) is 0 Å². The number of rotatable bonds is 5. The van der Waals surface area contributed by atoms with E-state index in [-0.39, 0.29) is 18.3 Å². The van der Waals surface area contributed by atoms with Crippen molar-refractivity contribution in [2.45, 2.75) is 32.7 Å². The smallest absolute Gasteiger partial charge is 0.355 e. The third kappa shape index (κ3) is 4.19. The highest BCUT2D eigenvalue weighted by atomic mass is 32.1. The van der Waals surface area contributed by atoms with Gasteiger partial charge in [0.1, 0.15) is 5.01 Å². The molecule has 6 nitrogen and oxygen atoms in total. The number of urea groups is 1. The molecule has 20 heavy (non-hydrogen) atoms. The predicted molar refractivity (Wildman–Crippen MR) is 75.8 cm³/mol. The summed E-state index contributed by atoms with van der Waals surface area (Å²) >= 11 is 1.23. The number of carbonyl (C=O) groups is 2. The Kier molecular flexibility index (Phi) is 4.94. The van der Waals surface area contributed by atoms with Gasteiger partial charge in [0, 0.05) is 11.9 Å². The van der Waals surface area contributed by atoms with Gasteiger partial charge in [0.15, 0.2) is 5.69 Å². The number of nitrogens with one attached hydrogen (secondary N) is 2. The fraction of sp³-hybridized carbons (Fsp3) is 0.615. The molecular formula is C13H19N3O3S. The average Bonchev–Trinajstić information content (AvgIpc) is 3.03. The number of carboxylic acid groups (broad SMARTS) is 1. The van der Waals surface area contributed by atoms with Gasteiger partial charge in [-0.05, 0) is 24.7 Å². The minimum atomic E-state index is -1.05.